The minimum absolute atomic E-state index is 0.588. The van der Waals surface area contributed by atoms with Gasteiger partial charge in [0.25, 0.3) is 0 Å². The number of nitrogens with one attached hydrogen (secondary N) is 1. The standard InChI is InChI=1S/C15H22BrNO2/c1-18-10-12-9-15(19-2)14(16)8-11(12)7-13-5-3-4-6-17-13/h8-9,13,17H,3-7,10H2,1-2H3. The van der Waals surface area contributed by atoms with Gasteiger partial charge in [-0.25, -0.2) is 0 Å². The van der Waals surface area contributed by atoms with Gasteiger partial charge in [0.2, 0.25) is 0 Å². The summed E-state index contributed by atoms with van der Waals surface area (Å²) >= 11 is 3.57. The molecular formula is C15H22BrNO2. The fraction of sp³-hybridized carbons (Fsp3) is 0.600. The molecule has 1 aliphatic rings. The van der Waals surface area contributed by atoms with E-state index < -0.39 is 0 Å². The summed E-state index contributed by atoms with van der Waals surface area (Å²) in [6.07, 6.45) is 4.94. The summed E-state index contributed by atoms with van der Waals surface area (Å²) in [5.74, 6) is 0.868. The first-order valence-corrected chi connectivity index (χ1v) is 7.61. The molecule has 1 heterocycles. The highest BCUT2D eigenvalue weighted by molar-refractivity contribution is 9.10. The van der Waals surface area contributed by atoms with Gasteiger partial charge in [0.05, 0.1) is 18.2 Å². The second-order valence-electron chi connectivity index (χ2n) is 5.04. The Hall–Kier alpha value is -0.580. The lowest BCUT2D eigenvalue weighted by molar-refractivity contribution is 0.183. The van der Waals surface area contributed by atoms with Crippen LogP contribution < -0.4 is 10.1 Å². The molecule has 1 unspecified atom stereocenters. The maximum absolute atomic E-state index is 5.36. The monoisotopic (exact) mass is 327 g/mol. The van der Waals surface area contributed by atoms with E-state index in [1.54, 1.807) is 14.2 Å². The summed E-state index contributed by atoms with van der Waals surface area (Å²) in [7, 11) is 3.43. The van der Waals surface area contributed by atoms with E-state index in [0.29, 0.717) is 12.6 Å². The van der Waals surface area contributed by atoms with Crippen LogP contribution >= 0.6 is 15.9 Å². The van der Waals surface area contributed by atoms with Crippen molar-refractivity contribution in [1.29, 1.82) is 0 Å². The van der Waals surface area contributed by atoms with E-state index in [2.05, 4.69) is 33.4 Å². The molecule has 0 aliphatic carbocycles. The number of piperidine rings is 1. The molecule has 1 N–H and O–H groups in total. The minimum atomic E-state index is 0.588. The summed E-state index contributed by atoms with van der Waals surface area (Å²) < 4.78 is 11.7. The van der Waals surface area contributed by atoms with Crippen LogP contribution in [0.1, 0.15) is 30.4 Å². The minimum Gasteiger partial charge on any atom is -0.496 e. The van der Waals surface area contributed by atoms with Gasteiger partial charge >= 0.3 is 0 Å². The molecule has 1 aromatic carbocycles. The van der Waals surface area contributed by atoms with Crippen molar-refractivity contribution >= 4 is 15.9 Å². The Balaban J connectivity index is 2.18. The SMILES string of the molecule is COCc1cc(OC)c(Br)cc1CC1CCCCN1. The highest BCUT2D eigenvalue weighted by Gasteiger charge is 2.16. The van der Waals surface area contributed by atoms with Crippen LogP contribution in [0.3, 0.4) is 0 Å². The topological polar surface area (TPSA) is 30.5 Å². The molecule has 1 aliphatic heterocycles. The molecule has 0 bridgehead atoms. The van der Waals surface area contributed by atoms with Crippen LogP contribution in [-0.4, -0.2) is 26.8 Å². The largest absolute Gasteiger partial charge is 0.496 e. The van der Waals surface area contributed by atoms with Crippen LogP contribution in [0, 0.1) is 0 Å². The molecule has 1 saturated heterocycles. The van der Waals surface area contributed by atoms with E-state index in [1.807, 2.05) is 0 Å². The molecule has 0 radical (unpaired) electrons. The first-order chi connectivity index (χ1) is 9.24. The van der Waals surface area contributed by atoms with E-state index in [0.717, 1.165) is 23.2 Å². The Morgan fingerprint density at radius 3 is 2.74 bits per heavy atom. The molecule has 3 nitrogen and oxygen atoms in total. The van der Waals surface area contributed by atoms with Gasteiger partial charge in [-0.3, -0.25) is 0 Å². The van der Waals surface area contributed by atoms with Gasteiger partial charge in [-0.15, -0.1) is 0 Å². The Morgan fingerprint density at radius 2 is 2.11 bits per heavy atom. The molecule has 4 heteroatoms. The van der Waals surface area contributed by atoms with Gasteiger partial charge in [0, 0.05) is 13.2 Å². The molecule has 0 aromatic heterocycles. The predicted octanol–water partition coefficient (Wildman–Crippen LogP) is 3.29. The molecule has 1 fully saturated rings. The third-order valence-electron chi connectivity index (χ3n) is 3.65. The van der Waals surface area contributed by atoms with Crippen LogP contribution in [0.25, 0.3) is 0 Å². The number of hydrogen-bond donors (Lipinski definition) is 1. The van der Waals surface area contributed by atoms with E-state index in [4.69, 9.17) is 9.47 Å². The smallest absolute Gasteiger partial charge is 0.133 e. The lowest BCUT2D eigenvalue weighted by Gasteiger charge is -2.24. The molecule has 1 atom stereocenters. The number of hydrogen-bond acceptors (Lipinski definition) is 3. The summed E-state index contributed by atoms with van der Waals surface area (Å²) in [4.78, 5) is 0. The van der Waals surface area contributed by atoms with Crippen molar-refractivity contribution in [3.05, 3.63) is 27.7 Å². The third-order valence-corrected chi connectivity index (χ3v) is 4.27. The Bertz CT molecular complexity index is 417. The summed E-state index contributed by atoms with van der Waals surface area (Å²) in [6, 6.07) is 4.83. The van der Waals surface area contributed by atoms with Crippen molar-refractivity contribution in [2.45, 2.75) is 38.3 Å². The number of rotatable bonds is 5. The Kier molecular flexibility index (Phi) is 5.67. The maximum atomic E-state index is 5.36. The third kappa shape index (κ3) is 3.94. The average Bonchev–Trinajstić information content (AvgIpc) is 2.43. The molecule has 0 spiro atoms. The van der Waals surface area contributed by atoms with Gasteiger partial charge in [0.1, 0.15) is 5.75 Å². The van der Waals surface area contributed by atoms with E-state index in [9.17, 15) is 0 Å². The van der Waals surface area contributed by atoms with Crippen molar-refractivity contribution in [2.24, 2.45) is 0 Å². The Morgan fingerprint density at radius 1 is 1.26 bits per heavy atom. The molecule has 0 saturated carbocycles. The van der Waals surface area contributed by atoms with E-state index >= 15 is 0 Å². The zero-order valence-corrected chi connectivity index (χ0v) is 13.3. The second-order valence-corrected chi connectivity index (χ2v) is 5.89. The molecule has 1 aromatic rings. The maximum Gasteiger partial charge on any atom is 0.133 e. The van der Waals surface area contributed by atoms with Crippen molar-refractivity contribution in [2.75, 3.05) is 20.8 Å². The normalized spacial score (nSPS) is 19.4. The first kappa shape index (κ1) is 14.8. The molecule has 106 valence electrons. The summed E-state index contributed by atoms with van der Waals surface area (Å²) in [5.41, 5.74) is 2.56. The van der Waals surface area contributed by atoms with Crippen molar-refractivity contribution < 1.29 is 9.47 Å². The van der Waals surface area contributed by atoms with Crippen molar-refractivity contribution in [1.82, 2.24) is 5.32 Å². The zero-order valence-electron chi connectivity index (χ0n) is 11.7. The van der Waals surface area contributed by atoms with Gasteiger partial charge in [-0.05, 0) is 65.0 Å². The van der Waals surface area contributed by atoms with Gasteiger partial charge in [-0.2, -0.15) is 0 Å². The Labute approximate surface area is 123 Å². The zero-order chi connectivity index (χ0) is 13.7. The van der Waals surface area contributed by atoms with Crippen molar-refractivity contribution in [3.8, 4) is 5.75 Å². The molecule has 2 rings (SSSR count). The number of methoxy groups -OCH3 is 2. The van der Waals surface area contributed by atoms with Crippen LogP contribution in [0.2, 0.25) is 0 Å². The van der Waals surface area contributed by atoms with E-state index in [-0.39, 0.29) is 0 Å². The quantitative estimate of drug-likeness (QED) is 0.900. The number of halogens is 1. The lowest BCUT2D eigenvalue weighted by atomic mass is 9.95. The fourth-order valence-corrected chi connectivity index (χ4v) is 3.19. The summed E-state index contributed by atoms with van der Waals surface area (Å²) in [6.45, 7) is 1.77. The molecular weight excluding hydrogens is 306 g/mol. The van der Waals surface area contributed by atoms with Crippen LogP contribution in [0.15, 0.2) is 16.6 Å². The number of ether oxygens (including phenoxy) is 2. The van der Waals surface area contributed by atoms with Gasteiger partial charge in [0.15, 0.2) is 0 Å². The predicted molar refractivity (Wildman–Crippen MR) is 80.8 cm³/mol. The molecule has 0 amide bonds. The van der Waals surface area contributed by atoms with E-state index in [1.165, 1.54) is 30.4 Å². The van der Waals surface area contributed by atoms with Crippen LogP contribution in [-0.2, 0) is 17.8 Å². The average molecular weight is 328 g/mol. The lowest BCUT2D eigenvalue weighted by Crippen LogP contribution is -2.35. The highest BCUT2D eigenvalue weighted by Crippen LogP contribution is 2.30. The number of benzene rings is 1. The van der Waals surface area contributed by atoms with Crippen LogP contribution in [0.4, 0.5) is 0 Å². The fourth-order valence-electron chi connectivity index (χ4n) is 2.64. The summed E-state index contributed by atoms with van der Waals surface area (Å²) in [5, 5.41) is 3.60. The van der Waals surface area contributed by atoms with Crippen molar-refractivity contribution in [3.63, 3.8) is 0 Å². The van der Waals surface area contributed by atoms with Gasteiger partial charge < -0.3 is 14.8 Å². The van der Waals surface area contributed by atoms with Crippen LogP contribution in [0.5, 0.6) is 5.75 Å². The van der Waals surface area contributed by atoms with Gasteiger partial charge in [-0.1, -0.05) is 6.42 Å². The second kappa shape index (κ2) is 7.27. The highest BCUT2D eigenvalue weighted by atomic mass is 79.9. The first-order valence-electron chi connectivity index (χ1n) is 6.82. The molecule has 19 heavy (non-hydrogen) atoms.